The van der Waals surface area contributed by atoms with E-state index in [2.05, 4.69) is 33.2 Å². The number of nitrogen functional groups attached to an aromatic ring is 1. The van der Waals surface area contributed by atoms with Gasteiger partial charge in [0.1, 0.15) is 5.75 Å². The zero-order chi connectivity index (χ0) is 26.6. The molecule has 8 nitrogen and oxygen atoms in total. The summed E-state index contributed by atoms with van der Waals surface area (Å²) < 4.78 is 12.6. The van der Waals surface area contributed by atoms with Gasteiger partial charge in [0.25, 0.3) is 0 Å². The number of phenols is 1. The molecule has 3 aromatic carbocycles. The molecule has 0 radical (unpaired) electrons. The monoisotopic (exact) mass is 615 g/mol. The normalized spacial score (nSPS) is 12.6. The van der Waals surface area contributed by atoms with Gasteiger partial charge in [-0.05, 0) is 90.9 Å². The number of halogens is 1. The predicted molar refractivity (Wildman–Crippen MR) is 153 cm³/mol. The van der Waals surface area contributed by atoms with Crippen molar-refractivity contribution in [2.24, 2.45) is 0 Å². The number of benzene rings is 3. The lowest BCUT2D eigenvalue weighted by molar-refractivity contribution is -0.111. The Bertz CT molecular complexity index is 1220. The highest BCUT2D eigenvalue weighted by molar-refractivity contribution is 14.1. The third kappa shape index (κ3) is 8.80. The van der Waals surface area contributed by atoms with E-state index in [1.54, 1.807) is 72.8 Å². The molecule has 2 atom stereocenters. The highest BCUT2D eigenvalue weighted by Gasteiger charge is 2.30. The third-order valence-corrected chi connectivity index (χ3v) is 6.05. The van der Waals surface area contributed by atoms with Crippen LogP contribution in [0.5, 0.6) is 5.75 Å². The molecule has 0 aliphatic heterocycles. The van der Waals surface area contributed by atoms with Gasteiger partial charge in [-0.25, -0.2) is 4.79 Å². The van der Waals surface area contributed by atoms with Crippen molar-refractivity contribution >= 4 is 51.7 Å². The number of hydrogen-bond acceptors (Lipinski definition) is 6. The van der Waals surface area contributed by atoms with Crippen LogP contribution in [0.4, 0.5) is 21.9 Å². The summed E-state index contributed by atoms with van der Waals surface area (Å²) in [7, 11) is 0. The van der Waals surface area contributed by atoms with Gasteiger partial charge in [0, 0.05) is 21.4 Å². The minimum Gasteiger partial charge on any atom is -0.508 e. The van der Waals surface area contributed by atoms with Crippen LogP contribution in [0.1, 0.15) is 31.4 Å². The molecule has 2 amide bonds. The number of anilines is 3. The van der Waals surface area contributed by atoms with Crippen molar-refractivity contribution in [2.75, 3.05) is 23.0 Å². The number of carbonyl (C=O) groups excluding carboxylic acids is 2. The molecule has 0 aromatic heterocycles. The van der Waals surface area contributed by atoms with Crippen molar-refractivity contribution in [2.45, 2.75) is 32.0 Å². The first kappa shape index (κ1) is 28.0. The molecule has 3 rings (SSSR count). The number of allylic oxidation sites excluding steroid dienone is 1. The first-order valence-corrected chi connectivity index (χ1v) is 12.9. The van der Waals surface area contributed by atoms with Gasteiger partial charge >= 0.3 is 6.09 Å². The second-order valence-corrected chi connectivity index (χ2v) is 9.32. The standard InChI is InChI=1S/C28H30IN3O5/c1-2-36-25(14-8-9-15-26(34)32-23-13-7-6-12-22(23)30)27(21-18-19(29)16-17-24(21)33)37-28(35)31-20-10-4-3-5-11-20/h3-7,9-13,15-18,25,27,33H,2,8,14,30H2,1H3,(H,31,35)(H,32,34)/b15-9+/t25-,27-/m1/s1. The lowest BCUT2D eigenvalue weighted by Crippen LogP contribution is -2.29. The van der Waals surface area contributed by atoms with Gasteiger partial charge in [-0.3, -0.25) is 10.1 Å². The highest BCUT2D eigenvalue weighted by atomic mass is 127. The second-order valence-electron chi connectivity index (χ2n) is 8.07. The van der Waals surface area contributed by atoms with Crippen molar-refractivity contribution in [3.63, 3.8) is 0 Å². The number of hydrogen-bond donors (Lipinski definition) is 4. The first-order valence-electron chi connectivity index (χ1n) is 11.8. The Kier molecular flexibility index (Phi) is 10.8. The van der Waals surface area contributed by atoms with Crippen LogP contribution in [0.3, 0.4) is 0 Å². The smallest absolute Gasteiger partial charge is 0.412 e. The summed E-state index contributed by atoms with van der Waals surface area (Å²) in [4.78, 5) is 25.1. The van der Waals surface area contributed by atoms with Crippen molar-refractivity contribution in [3.05, 3.63) is 94.1 Å². The number of para-hydroxylation sites is 3. The van der Waals surface area contributed by atoms with Crippen molar-refractivity contribution in [3.8, 4) is 5.75 Å². The number of carbonyl (C=O) groups is 2. The van der Waals surface area contributed by atoms with E-state index in [1.165, 1.54) is 6.08 Å². The topological polar surface area (TPSA) is 123 Å². The SMILES string of the molecule is CCO[C@H](CC/C=C/C(=O)Nc1ccccc1N)[C@H](OC(=O)Nc1ccccc1)c1cc(I)ccc1O. The molecule has 5 N–H and O–H groups in total. The Hall–Kier alpha value is -3.57. The van der Waals surface area contributed by atoms with Gasteiger partial charge in [-0.15, -0.1) is 0 Å². The molecule has 194 valence electrons. The summed E-state index contributed by atoms with van der Waals surface area (Å²) in [6.07, 6.45) is 1.91. The highest BCUT2D eigenvalue weighted by Crippen LogP contribution is 2.34. The minimum atomic E-state index is -0.885. The quantitative estimate of drug-likeness (QED) is 0.115. The maximum atomic E-state index is 12.8. The molecule has 0 fully saturated rings. The Morgan fingerprint density at radius 2 is 1.78 bits per heavy atom. The molecule has 0 saturated carbocycles. The van der Waals surface area contributed by atoms with Gasteiger partial charge in [-0.1, -0.05) is 36.4 Å². The summed E-state index contributed by atoms with van der Waals surface area (Å²) in [5, 5.41) is 16.0. The molecule has 0 unspecified atom stereocenters. The van der Waals surface area contributed by atoms with Gasteiger partial charge < -0.3 is 25.6 Å². The van der Waals surface area contributed by atoms with E-state index in [0.717, 1.165) is 3.57 Å². The van der Waals surface area contributed by atoms with E-state index in [0.29, 0.717) is 42.1 Å². The number of phenolic OH excluding ortho intramolecular Hbond substituents is 1. The third-order valence-electron chi connectivity index (χ3n) is 5.37. The van der Waals surface area contributed by atoms with Crippen molar-refractivity contribution in [1.29, 1.82) is 0 Å². The number of ether oxygens (including phenoxy) is 2. The summed E-state index contributed by atoms with van der Waals surface area (Å²) in [5.41, 5.74) is 7.91. The fourth-order valence-corrected chi connectivity index (χ4v) is 4.16. The van der Waals surface area contributed by atoms with E-state index >= 15 is 0 Å². The Labute approximate surface area is 230 Å². The van der Waals surface area contributed by atoms with Gasteiger partial charge in [-0.2, -0.15) is 0 Å². The number of nitrogens with two attached hydrogens (primary N) is 1. The second kappa shape index (κ2) is 14.2. The lowest BCUT2D eigenvalue weighted by Gasteiger charge is -2.28. The van der Waals surface area contributed by atoms with Crippen LogP contribution < -0.4 is 16.4 Å². The van der Waals surface area contributed by atoms with Gasteiger partial charge in [0.05, 0.1) is 17.5 Å². The molecule has 0 aliphatic carbocycles. The van der Waals surface area contributed by atoms with Crippen LogP contribution in [0.2, 0.25) is 0 Å². The van der Waals surface area contributed by atoms with E-state index in [9.17, 15) is 14.7 Å². The average Bonchev–Trinajstić information content (AvgIpc) is 2.88. The summed E-state index contributed by atoms with van der Waals surface area (Å²) in [6, 6.07) is 21.0. The van der Waals surface area contributed by atoms with E-state index in [-0.39, 0.29) is 11.7 Å². The Balaban J connectivity index is 1.72. The van der Waals surface area contributed by atoms with Gasteiger partial charge in [0.15, 0.2) is 6.10 Å². The fraction of sp³-hybridized carbons (Fsp3) is 0.214. The van der Waals surface area contributed by atoms with Crippen LogP contribution in [-0.2, 0) is 14.3 Å². The number of amides is 2. The largest absolute Gasteiger partial charge is 0.508 e. The zero-order valence-electron chi connectivity index (χ0n) is 20.4. The summed E-state index contributed by atoms with van der Waals surface area (Å²) in [6.45, 7) is 2.21. The number of nitrogens with one attached hydrogen (secondary N) is 2. The Morgan fingerprint density at radius 1 is 1.05 bits per heavy atom. The minimum absolute atomic E-state index is 0.00185. The van der Waals surface area contributed by atoms with E-state index in [4.69, 9.17) is 15.2 Å². The molecule has 0 aliphatic rings. The van der Waals surface area contributed by atoms with Crippen molar-refractivity contribution < 1.29 is 24.2 Å². The number of aromatic hydroxyl groups is 1. The molecule has 0 heterocycles. The Morgan fingerprint density at radius 3 is 2.51 bits per heavy atom. The summed E-state index contributed by atoms with van der Waals surface area (Å²) >= 11 is 2.13. The predicted octanol–water partition coefficient (Wildman–Crippen LogP) is 6.25. The average molecular weight is 615 g/mol. The van der Waals surface area contributed by atoms with E-state index < -0.39 is 18.3 Å². The molecule has 0 bridgehead atoms. The molecule has 0 spiro atoms. The van der Waals surface area contributed by atoms with E-state index in [1.807, 2.05) is 13.0 Å². The van der Waals surface area contributed by atoms with Gasteiger partial charge in [0.2, 0.25) is 5.91 Å². The number of rotatable bonds is 11. The maximum Gasteiger partial charge on any atom is 0.412 e. The maximum absolute atomic E-state index is 12.8. The fourth-order valence-electron chi connectivity index (χ4n) is 3.65. The van der Waals surface area contributed by atoms with Crippen LogP contribution in [0.15, 0.2) is 84.9 Å². The molecule has 0 saturated heterocycles. The first-order chi connectivity index (χ1) is 17.9. The molecular weight excluding hydrogens is 585 g/mol. The molecular formula is C28H30IN3O5. The van der Waals surface area contributed by atoms with Crippen molar-refractivity contribution in [1.82, 2.24) is 0 Å². The van der Waals surface area contributed by atoms with Crippen LogP contribution in [-0.4, -0.2) is 29.8 Å². The van der Waals surface area contributed by atoms with Crippen LogP contribution >= 0.6 is 22.6 Å². The van der Waals surface area contributed by atoms with Crippen LogP contribution in [0.25, 0.3) is 0 Å². The lowest BCUT2D eigenvalue weighted by atomic mass is 9.99. The molecule has 3 aromatic rings. The van der Waals surface area contributed by atoms with Crippen LogP contribution in [0, 0.1) is 3.57 Å². The molecule has 9 heteroatoms. The summed E-state index contributed by atoms with van der Waals surface area (Å²) in [5.74, 6) is -0.311. The molecule has 37 heavy (non-hydrogen) atoms. The zero-order valence-corrected chi connectivity index (χ0v) is 22.6.